The molecule has 2 aromatic rings. The van der Waals surface area contributed by atoms with Crippen LogP contribution in [0, 0.1) is 0 Å². The highest BCUT2D eigenvalue weighted by Gasteiger charge is 2.36. The highest BCUT2D eigenvalue weighted by atomic mass is 32.2. The summed E-state index contributed by atoms with van der Waals surface area (Å²) in [5.41, 5.74) is 6.76. The minimum atomic E-state index is -3.16. The fraction of sp³-hybridized carbons (Fsp3) is 0.417. The average Bonchev–Trinajstić information content (AvgIpc) is 2.58. The van der Waals surface area contributed by atoms with Crippen molar-refractivity contribution in [3.05, 3.63) is 64.7 Å². The molecule has 0 saturated heterocycles. The van der Waals surface area contributed by atoms with Crippen LogP contribution < -0.4 is 0 Å². The van der Waals surface area contributed by atoms with Gasteiger partial charge in [-0.1, -0.05) is 64.1 Å². The molecular weight excluding hydrogens is 352 g/mol. The molecule has 0 bridgehead atoms. The van der Waals surface area contributed by atoms with Crippen molar-refractivity contribution in [1.29, 1.82) is 0 Å². The van der Waals surface area contributed by atoms with E-state index in [0.717, 1.165) is 5.56 Å². The first kappa shape index (κ1) is 19.9. The van der Waals surface area contributed by atoms with Gasteiger partial charge in [-0.3, -0.25) is 0 Å². The van der Waals surface area contributed by atoms with Crippen LogP contribution in [0.1, 0.15) is 69.7 Å². The van der Waals surface area contributed by atoms with E-state index in [-0.39, 0.29) is 10.8 Å². The van der Waals surface area contributed by atoms with Crippen molar-refractivity contribution in [2.75, 3.05) is 6.26 Å². The van der Waals surface area contributed by atoms with Crippen molar-refractivity contribution < 1.29 is 8.42 Å². The summed E-state index contributed by atoms with van der Waals surface area (Å²) >= 11 is 0. The van der Waals surface area contributed by atoms with Gasteiger partial charge in [0.15, 0.2) is 9.84 Å². The van der Waals surface area contributed by atoms with Crippen LogP contribution in [0.3, 0.4) is 0 Å². The van der Waals surface area contributed by atoms with E-state index in [0.29, 0.717) is 4.90 Å². The summed E-state index contributed by atoms with van der Waals surface area (Å²) in [6, 6.07) is 14.0. The molecule has 27 heavy (non-hydrogen) atoms. The number of rotatable bonds is 3. The van der Waals surface area contributed by atoms with Crippen molar-refractivity contribution in [1.82, 2.24) is 0 Å². The van der Waals surface area contributed by atoms with Gasteiger partial charge in [-0.05, 0) is 70.6 Å². The van der Waals surface area contributed by atoms with Gasteiger partial charge >= 0.3 is 0 Å². The van der Waals surface area contributed by atoms with E-state index in [1.165, 1.54) is 41.4 Å². The molecule has 1 aliphatic carbocycles. The molecule has 2 nitrogen and oxygen atoms in total. The molecule has 0 radical (unpaired) electrons. The summed E-state index contributed by atoms with van der Waals surface area (Å²) in [5.74, 6) is 0. The summed E-state index contributed by atoms with van der Waals surface area (Å²) in [6.45, 7) is 11.5. The lowest BCUT2D eigenvalue weighted by atomic mass is 9.63. The van der Waals surface area contributed by atoms with E-state index >= 15 is 0 Å². The average molecular weight is 383 g/mol. The zero-order valence-electron chi connectivity index (χ0n) is 17.3. The Morgan fingerprint density at radius 3 is 2.00 bits per heavy atom. The summed E-state index contributed by atoms with van der Waals surface area (Å²) in [6.07, 6.45) is 5.77. The molecule has 144 valence electrons. The predicted molar refractivity (Wildman–Crippen MR) is 115 cm³/mol. The standard InChI is InChI=1S/C24H30O2S/c1-17(15-18-7-10-20(11-8-18)27(6,25)26)19-9-12-21-22(16-19)24(4,5)14-13-23(21,2)3/h7-12,15-16H,13-14H2,1-6H3/b17-15+. The third-order valence-corrected chi connectivity index (χ3v) is 7.13. The first-order valence-corrected chi connectivity index (χ1v) is 11.4. The number of allylic oxidation sites excluding steroid dienone is 1. The Balaban J connectivity index is 1.98. The van der Waals surface area contributed by atoms with Crippen molar-refractivity contribution in [3.63, 3.8) is 0 Å². The quantitative estimate of drug-likeness (QED) is 0.610. The van der Waals surface area contributed by atoms with Gasteiger partial charge < -0.3 is 0 Å². The highest BCUT2D eigenvalue weighted by Crippen LogP contribution is 2.46. The Morgan fingerprint density at radius 1 is 0.889 bits per heavy atom. The second-order valence-corrected chi connectivity index (χ2v) is 11.2. The number of fused-ring (bicyclic) bond motifs is 1. The molecule has 0 amide bonds. The maximum atomic E-state index is 11.6. The molecule has 0 atom stereocenters. The van der Waals surface area contributed by atoms with E-state index in [4.69, 9.17) is 0 Å². The monoisotopic (exact) mass is 382 g/mol. The molecule has 0 spiro atoms. The summed E-state index contributed by atoms with van der Waals surface area (Å²) in [7, 11) is -3.16. The SMILES string of the molecule is C/C(=C\c1ccc(S(C)(=O)=O)cc1)c1ccc2c(c1)C(C)(C)CCC2(C)C. The Kier molecular flexibility index (Phi) is 4.88. The molecule has 0 aromatic heterocycles. The zero-order chi connectivity index (χ0) is 20.0. The summed E-state index contributed by atoms with van der Waals surface area (Å²) < 4.78 is 23.2. The van der Waals surface area contributed by atoms with Crippen LogP contribution in [0.15, 0.2) is 47.4 Å². The van der Waals surface area contributed by atoms with Gasteiger partial charge in [0.25, 0.3) is 0 Å². The minimum Gasteiger partial charge on any atom is -0.224 e. The summed E-state index contributed by atoms with van der Waals surface area (Å²) in [5, 5.41) is 0. The fourth-order valence-corrected chi connectivity index (χ4v) is 4.61. The van der Waals surface area contributed by atoms with Gasteiger partial charge in [0, 0.05) is 6.26 Å². The van der Waals surface area contributed by atoms with Crippen LogP contribution in [-0.2, 0) is 20.7 Å². The van der Waals surface area contributed by atoms with E-state index in [9.17, 15) is 8.42 Å². The third-order valence-electron chi connectivity index (χ3n) is 6.00. The highest BCUT2D eigenvalue weighted by molar-refractivity contribution is 7.90. The summed E-state index contributed by atoms with van der Waals surface area (Å²) in [4.78, 5) is 0.357. The molecular formula is C24H30O2S. The van der Waals surface area contributed by atoms with Crippen molar-refractivity contribution in [2.45, 2.75) is 63.2 Å². The van der Waals surface area contributed by atoms with Gasteiger partial charge in [-0.25, -0.2) is 8.42 Å². The Bertz CT molecular complexity index is 991. The van der Waals surface area contributed by atoms with Crippen LogP contribution in [-0.4, -0.2) is 14.7 Å². The normalized spacial score (nSPS) is 18.8. The lowest BCUT2D eigenvalue weighted by molar-refractivity contribution is 0.332. The van der Waals surface area contributed by atoms with E-state index in [1.807, 2.05) is 12.1 Å². The Hall–Kier alpha value is -1.87. The fourth-order valence-electron chi connectivity index (χ4n) is 3.98. The van der Waals surface area contributed by atoms with Crippen molar-refractivity contribution >= 4 is 21.5 Å². The smallest absolute Gasteiger partial charge is 0.175 e. The molecule has 0 heterocycles. The van der Waals surface area contributed by atoms with Gasteiger partial charge in [-0.2, -0.15) is 0 Å². The van der Waals surface area contributed by atoms with Gasteiger partial charge in [0.2, 0.25) is 0 Å². The molecule has 3 rings (SSSR count). The molecule has 0 aliphatic heterocycles. The number of hydrogen-bond acceptors (Lipinski definition) is 2. The number of benzene rings is 2. The van der Waals surface area contributed by atoms with Crippen LogP contribution in [0.4, 0.5) is 0 Å². The molecule has 0 N–H and O–H groups in total. The van der Waals surface area contributed by atoms with E-state index in [2.05, 4.69) is 58.9 Å². The van der Waals surface area contributed by atoms with Crippen LogP contribution in [0.25, 0.3) is 11.6 Å². The second-order valence-electron chi connectivity index (χ2n) is 9.20. The zero-order valence-corrected chi connectivity index (χ0v) is 18.1. The molecule has 2 aromatic carbocycles. The minimum absolute atomic E-state index is 0.193. The van der Waals surface area contributed by atoms with E-state index < -0.39 is 9.84 Å². The number of sulfone groups is 1. The molecule has 0 unspecified atom stereocenters. The van der Waals surface area contributed by atoms with Gasteiger partial charge in [-0.15, -0.1) is 0 Å². The largest absolute Gasteiger partial charge is 0.224 e. The van der Waals surface area contributed by atoms with E-state index in [1.54, 1.807) is 12.1 Å². The maximum Gasteiger partial charge on any atom is 0.175 e. The number of hydrogen-bond donors (Lipinski definition) is 0. The molecule has 0 fully saturated rings. The first-order valence-electron chi connectivity index (χ1n) is 9.54. The lowest BCUT2D eigenvalue weighted by Crippen LogP contribution is -2.33. The topological polar surface area (TPSA) is 34.1 Å². The molecule has 0 saturated carbocycles. The first-order chi connectivity index (χ1) is 12.4. The van der Waals surface area contributed by atoms with Crippen molar-refractivity contribution in [2.24, 2.45) is 0 Å². The maximum absolute atomic E-state index is 11.6. The molecule has 1 aliphatic rings. The van der Waals surface area contributed by atoms with Gasteiger partial charge in [0.05, 0.1) is 4.90 Å². The van der Waals surface area contributed by atoms with Crippen LogP contribution >= 0.6 is 0 Å². The Morgan fingerprint density at radius 2 is 1.44 bits per heavy atom. The van der Waals surface area contributed by atoms with Crippen molar-refractivity contribution in [3.8, 4) is 0 Å². The van der Waals surface area contributed by atoms with Crippen LogP contribution in [0.5, 0.6) is 0 Å². The third kappa shape index (κ3) is 4.03. The predicted octanol–water partition coefficient (Wildman–Crippen LogP) is 6.00. The Labute approximate surface area is 164 Å². The van der Waals surface area contributed by atoms with Crippen LogP contribution in [0.2, 0.25) is 0 Å². The second kappa shape index (κ2) is 6.63. The lowest BCUT2D eigenvalue weighted by Gasteiger charge is -2.42. The molecule has 3 heteroatoms. The van der Waals surface area contributed by atoms with Gasteiger partial charge in [0.1, 0.15) is 0 Å².